The average molecular weight is 211 g/mol. The quantitative estimate of drug-likeness (QED) is 0.605. The monoisotopic (exact) mass is 211 g/mol. The summed E-state index contributed by atoms with van der Waals surface area (Å²) < 4.78 is 5.92. The lowest BCUT2D eigenvalue weighted by atomic mass is 9.70. The van der Waals surface area contributed by atoms with Gasteiger partial charge < -0.3 is 15.0 Å². The Kier molecular flexibility index (Phi) is 1.73. The Balaban J connectivity index is 2.04. The van der Waals surface area contributed by atoms with Gasteiger partial charge in [-0.3, -0.25) is 0 Å². The molecule has 0 amide bonds. The first-order valence-corrected chi connectivity index (χ1v) is 6.09. The van der Waals surface area contributed by atoms with Crippen molar-refractivity contribution in [3.8, 4) is 0 Å². The van der Waals surface area contributed by atoms with Crippen molar-refractivity contribution in [1.82, 2.24) is 0 Å². The van der Waals surface area contributed by atoms with Crippen molar-refractivity contribution in [2.75, 3.05) is 0 Å². The van der Waals surface area contributed by atoms with E-state index >= 15 is 0 Å². The second kappa shape index (κ2) is 2.58. The lowest BCUT2D eigenvalue weighted by Crippen LogP contribution is -3.13. The molecule has 0 aromatic heterocycles. The molecule has 6 atom stereocenters. The van der Waals surface area contributed by atoms with Crippen LogP contribution in [-0.4, -0.2) is 18.4 Å². The Morgan fingerprint density at radius 2 is 2.00 bits per heavy atom. The highest BCUT2D eigenvalue weighted by Gasteiger charge is 2.72. The predicted octanol–water partition coefficient (Wildman–Crippen LogP) is 0.939. The molecule has 1 heterocycles. The van der Waals surface area contributed by atoms with Crippen LogP contribution in [0.1, 0.15) is 40.5 Å². The van der Waals surface area contributed by atoms with E-state index in [4.69, 9.17) is 4.74 Å². The number of fused-ring (bicyclic) bond motifs is 5. The van der Waals surface area contributed by atoms with Gasteiger partial charge in [0.05, 0.1) is 0 Å². The van der Waals surface area contributed by atoms with Gasteiger partial charge in [0.25, 0.3) is 0 Å². The molecule has 15 heavy (non-hydrogen) atoms. The average Bonchev–Trinajstić information content (AvgIpc) is 2.61. The maximum Gasteiger partial charge on any atom is 0.189 e. The number of ether oxygens (including phenoxy) is 1. The SMILES string of the molecule is CC1OC2C(C3CCC2(C)C3(C)C)[NH+]1[O-]. The molecule has 3 aliphatic rings. The predicted molar refractivity (Wildman–Crippen MR) is 57.1 cm³/mol. The molecule has 3 heteroatoms. The van der Waals surface area contributed by atoms with Crippen molar-refractivity contribution in [1.29, 1.82) is 0 Å². The normalized spacial score (nSPS) is 61.0. The zero-order valence-electron chi connectivity index (χ0n) is 10.0. The van der Waals surface area contributed by atoms with Crippen LogP contribution in [0.25, 0.3) is 0 Å². The molecule has 1 N–H and O–H groups in total. The van der Waals surface area contributed by atoms with Crippen LogP contribution >= 0.6 is 0 Å². The fourth-order valence-corrected chi connectivity index (χ4v) is 4.45. The molecule has 3 rings (SSSR count). The maximum absolute atomic E-state index is 12.1. The molecular weight excluding hydrogens is 190 g/mol. The van der Waals surface area contributed by atoms with Gasteiger partial charge in [0, 0.05) is 18.3 Å². The number of quaternary nitrogens is 1. The van der Waals surface area contributed by atoms with Crippen LogP contribution in [0.5, 0.6) is 0 Å². The molecule has 0 aromatic carbocycles. The first-order chi connectivity index (χ1) is 6.89. The lowest BCUT2D eigenvalue weighted by Gasteiger charge is -2.37. The molecule has 86 valence electrons. The van der Waals surface area contributed by atoms with Crippen LogP contribution in [0.2, 0.25) is 0 Å². The van der Waals surface area contributed by atoms with E-state index in [1.165, 1.54) is 12.8 Å². The van der Waals surface area contributed by atoms with Crippen LogP contribution in [0.3, 0.4) is 0 Å². The Morgan fingerprint density at radius 3 is 2.60 bits per heavy atom. The van der Waals surface area contributed by atoms with Crippen molar-refractivity contribution in [2.24, 2.45) is 16.7 Å². The van der Waals surface area contributed by atoms with Gasteiger partial charge in [-0.25, -0.2) is 0 Å². The third-order valence-electron chi connectivity index (χ3n) is 5.84. The van der Waals surface area contributed by atoms with E-state index in [1.54, 1.807) is 0 Å². The third kappa shape index (κ3) is 0.891. The summed E-state index contributed by atoms with van der Waals surface area (Å²) in [6.45, 7) is 8.88. The molecule has 0 spiro atoms. The standard InChI is InChI=1S/C12H21NO2/c1-7-13(14)9-8-5-6-12(4,10(9)15-7)11(8,2)3/h7-10,13H,5-6H2,1-4H3. The van der Waals surface area contributed by atoms with Crippen LogP contribution in [0.15, 0.2) is 0 Å². The summed E-state index contributed by atoms with van der Waals surface area (Å²) >= 11 is 0. The van der Waals surface area contributed by atoms with Gasteiger partial charge >= 0.3 is 0 Å². The molecule has 6 unspecified atom stereocenters. The zero-order valence-corrected chi connectivity index (χ0v) is 10.0. The topological polar surface area (TPSA) is 36.7 Å². The van der Waals surface area contributed by atoms with Gasteiger partial charge in [-0.2, -0.15) is 0 Å². The van der Waals surface area contributed by atoms with E-state index in [9.17, 15) is 5.21 Å². The maximum atomic E-state index is 12.1. The summed E-state index contributed by atoms with van der Waals surface area (Å²) in [5.41, 5.74) is 0.501. The summed E-state index contributed by atoms with van der Waals surface area (Å²) in [6, 6.07) is 0.203. The van der Waals surface area contributed by atoms with Gasteiger partial charge in [0.1, 0.15) is 12.1 Å². The van der Waals surface area contributed by atoms with Crippen LogP contribution in [-0.2, 0) is 4.74 Å². The minimum Gasteiger partial charge on any atom is -0.632 e. The molecule has 2 bridgehead atoms. The molecule has 3 nitrogen and oxygen atoms in total. The second-order valence-corrected chi connectivity index (χ2v) is 6.41. The highest BCUT2D eigenvalue weighted by atomic mass is 16.6. The fraction of sp³-hybridized carbons (Fsp3) is 1.00. The fourth-order valence-electron chi connectivity index (χ4n) is 4.45. The number of rotatable bonds is 0. The summed E-state index contributed by atoms with van der Waals surface area (Å²) in [5.74, 6) is 0.560. The Hall–Kier alpha value is -0.120. The number of hydrogen-bond donors (Lipinski definition) is 1. The van der Waals surface area contributed by atoms with E-state index in [-0.39, 0.29) is 29.2 Å². The summed E-state index contributed by atoms with van der Waals surface area (Å²) in [7, 11) is 0. The Bertz CT molecular complexity index is 304. The minimum absolute atomic E-state index is 0.156. The van der Waals surface area contributed by atoms with Crippen molar-refractivity contribution < 1.29 is 9.80 Å². The highest BCUT2D eigenvalue weighted by molar-refractivity contribution is 5.16. The molecular formula is C12H21NO2. The van der Waals surface area contributed by atoms with Crippen LogP contribution in [0.4, 0.5) is 0 Å². The van der Waals surface area contributed by atoms with Crippen molar-refractivity contribution in [2.45, 2.75) is 58.9 Å². The first kappa shape index (κ1) is 10.1. The molecule has 3 fully saturated rings. The number of hydrogen-bond acceptors (Lipinski definition) is 2. The molecule has 0 radical (unpaired) electrons. The minimum atomic E-state index is -0.156. The largest absolute Gasteiger partial charge is 0.632 e. The first-order valence-electron chi connectivity index (χ1n) is 6.09. The number of nitrogens with one attached hydrogen (secondary N) is 1. The second-order valence-electron chi connectivity index (χ2n) is 6.41. The van der Waals surface area contributed by atoms with Crippen molar-refractivity contribution >= 4 is 0 Å². The van der Waals surface area contributed by atoms with Gasteiger partial charge in [0.15, 0.2) is 6.23 Å². The van der Waals surface area contributed by atoms with E-state index in [2.05, 4.69) is 20.8 Å². The summed E-state index contributed by atoms with van der Waals surface area (Å²) in [4.78, 5) is 0. The molecule has 1 aliphatic heterocycles. The van der Waals surface area contributed by atoms with Gasteiger partial charge in [-0.1, -0.05) is 20.8 Å². The summed E-state index contributed by atoms with van der Waals surface area (Å²) in [5, 5.41) is 12.4. The molecule has 2 aliphatic carbocycles. The van der Waals surface area contributed by atoms with E-state index < -0.39 is 0 Å². The Morgan fingerprint density at radius 1 is 1.33 bits per heavy atom. The van der Waals surface area contributed by atoms with Crippen molar-refractivity contribution in [3.05, 3.63) is 5.21 Å². The van der Waals surface area contributed by atoms with Crippen LogP contribution in [0, 0.1) is 22.0 Å². The smallest absolute Gasteiger partial charge is 0.189 e. The number of hydroxylamine groups is 2. The summed E-state index contributed by atoms with van der Waals surface area (Å²) in [6.07, 6.45) is 2.49. The van der Waals surface area contributed by atoms with E-state index in [0.29, 0.717) is 11.0 Å². The molecule has 1 saturated heterocycles. The lowest BCUT2D eigenvalue weighted by molar-refractivity contribution is -0.900. The Labute approximate surface area is 91.4 Å². The van der Waals surface area contributed by atoms with Crippen molar-refractivity contribution in [3.63, 3.8) is 0 Å². The van der Waals surface area contributed by atoms with E-state index in [0.717, 1.165) is 0 Å². The highest BCUT2D eigenvalue weighted by Crippen LogP contribution is 2.66. The van der Waals surface area contributed by atoms with Gasteiger partial charge in [-0.15, -0.1) is 0 Å². The van der Waals surface area contributed by atoms with Crippen LogP contribution < -0.4 is 5.06 Å². The van der Waals surface area contributed by atoms with Gasteiger partial charge in [-0.05, 0) is 18.3 Å². The van der Waals surface area contributed by atoms with Gasteiger partial charge in [0.2, 0.25) is 0 Å². The molecule has 0 aromatic rings. The zero-order chi connectivity index (χ0) is 11.0. The third-order valence-corrected chi connectivity index (χ3v) is 5.84. The van der Waals surface area contributed by atoms with E-state index in [1.807, 2.05) is 6.92 Å². The molecule has 2 saturated carbocycles.